The van der Waals surface area contributed by atoms with E-state index >= 15 is 0 Å². The highest BCUT2D eigenvalue weighted by atomic mass is 32.2. The van der Waals surface area contributed by atoms with Crippen LogP contribution in [0.3, 0.4) is 0 Å². The van der Waals surface area contributed by atoms with Crippen LogP contribution >= 0.6 is 0 Å². The molecule has 0 bridgehead atoms. The third-order valence-electron chi connectivity index (χ3n) is 3.85. The van der Waals surface area contributed by atoms with Gasteiger partial charge in [-0.15, -0.1) is 0 Å². The molecule has 0 radical (unpaired) electrons. The van der Waals surface area contributed by atoms with Crippen molar-refractivity contribution in [1.82, 2.24) is 9.62 Å². The molecule has 6 heteroatoms. The number of hydrogen-bond acceptors (Lipinski definition) is 3. The molecule has 2 unspecified atom stereocenters. The van der Waals surface area contributed by atoms with Gasteiger partial charge in [-0.05, 0) is 43.0 Å². The highest BCUT2D eigenvalue weighted by Crippen LogP contribution is 2.38. The lowest BCUT2D eigenvalue weighted by molar-refractivity contribution is 0.443. The molecule has 1 N–H and O–H groups in total. The standard InChI is InChI=1S/C14H21FN2O2S/c1-10-6-12(10)9-17(3)20(18,19)14-7-13(15)5-4-11(14)8-16-2/h4-5,7,10,12,16H,6,8-9H2,1-3H3. The van der Waals surface area contributed by atoms with Crippen molar-refractivity contribution < 1.29 is 12.8 Å². The molecular formula is C14H21FN2O2S. The van der Waals surface area contributed by atoms with Crippen LogP contribution < -0.4 is 5.32 Å². The lowest BCUT2D eigenvalue weighted by atomic mass is 10.2. The molecule has 112 valence electrons. The SMILES string of the molecule is CNCc1ccc(F)cc1S(=O)(=O)N(C)CC1CC1C. The maximum atomic E-state index is 13.4. The van der Waals surface area contributed by atoms with Crippen molar-refractivity contribution in [3.63, 3.8) is 0 Å². The van der Waals surface area contributed by atoms with Gasteiger partial charge in [0.15, 0.2) is 0 Å². The number of benzene rings is 1. The van der Waals surface area contributed by atoms with Crippen LogP contribution in [0.25, 0.3) is 0 Å². The Balaban J connectivity index is 2.29. The van der Waals surface area contributed by atoms with E-state index < -0.39 is 15.8 Å². The molecule has 0 aromatic heterocycles. The minimum atomic E-state index is -3.64. The van der Waals surface area contributed by atoms with Gasteiger partial charge in [-0.25, -0.2) is 17.1 Å². The highest BCUT2D eigenvalue weighted by Gasteiger charge is 2.36. The first-order valence-corrected chi connectivity index (χ1v) is 8.19. The Morgan fingerprint density at radius 3 is 2.65 bits per heavy atom. The molecule has 1 aromatic carbocycles. The molecular weight excluding hydrogens is 279 g/mol. The Bertz CT molecular complexity index is 589. The summed E-state index contributed by atoms with van der Waals surface area (Å²) in [4.78, 5) is 0.0580. The van der Waals surface area contributed by atoms with Gasteiger partial charge >= 0.3 is 0 Å². The first-order valence-electron chi connectivity index (χ1n) is 6.75. The Hall–Kier alpha value is -0.980. The zero-order chi connectivity index (χ0) is 14.9. The lowest BCUT2D eigenvalue weighted by Gasteiger charge is -2.19. The second-order valence-corrected chi connectivity index (χ2v) is 7.55. The van der Waals surface area contributed by atoms with Crippen molar-refractivity contribution in [3.05, 3.63) is 29.6 Å². The molecule has 1 aliphatic rings. The summed E-state index contributed by atoms with van der Waals surface area (Å²) >= 11 is 0. The summed E-state index contributed by atoms with van der Waals surface area (Å²) in [5.74, 6) is 0.477. The maximum absolute atomic E-state index is 13.4. The average Bonchev–Trinajstić information content (AvgIpc) is 3.07. The summed E-state index contributed by atoms with van der Waals surface area (Å²) in [6.07, 6.45) is 1.06. The highest BCUT2D eigenvalue weighted by molar-refractivity contribution is 7.89. The van der Waals surface area contributed by atoms with Gasteiger partial charge in [0.2, 0.25) is 10.0 Å². The molecule has 1 fully saturated rings. The van der Waals surface area contributed by atoms with Crippen LogP contribution in [0.15, 0.2) is 23.1 Å². The molecule has 1 aromatic rings. The molecule has 1 saturated carbocycles. The van der Waals surface area contributed by atoms with Crippen molar-refractivity contribution in [2.45, 2.75) is 24.8 Å². The Morgan fingerprint density at radius 2 is 2.10 bits per heavy atom. The number of hydrogen-bond donors (Lipinski definition) is 1. The van der Waals surface area contributed by atoms with E-state index in [1.165, 1.54) is 16.4 Å². The number of nitrogens with zero attached hydrogens (tertiary/aromatic N) is 1. The van der Waals surface area contributed by atoms with Gasteiger partial charge in [-0.3, -0.25) is 0 Å². The summed E-state index contributed by atoms with van der Waals surface area (Å²) in [7, 11) is -0.344. The maximum Gasteiger partial charge on any atom is 0.243 e. The number of halogens is 1. The fourth-order valence-electron chi connectivity index (χ4n) is 2.35. The van der Waals surface area contributed by atoms with Gasteiger partial charge in [0, 0.05) is 20.1 Å². The fourth-order valence-corrected chi connectivity index (χ4v) is 3.81. The molecule has 0 spiro atoms. The van der Waals surface area contributed by atoms with Crippen LogP contribution in [-0.2, 0) is 16.6 Å². The van der Waals surface area contributed by atoms with E-state index in [1.54, 1.807) is 14.1 Å². The second kappa shape index (κ2) is 5.79. The van der Waals surface area contributed by atoms with E-state index in [1.807, 2.05) is 0 Å². The fraction of sp³-hybridized carbons (Fsp3) is 0.571. The van der Waals surface area contributed by atoms with Crippen molar-refractivity contribution in [3.8, 4) is 0 Å². The van der Waals surface area contributed by atoms with E-state index in [0.29, 0.717) is 30.5 Å². The third-order valence-corrected chi connectivity index (χ3v) is 5.76. The van der Waals surface area contributed by atoms with Gasteiger partial charge in [0.1, 0.15) is 5.82 Å². The minimum Gasteiger partial charge on any atom is -0.316 e. The van der Waals surface area contributed by atoms with E-state index in [2.05, 4.69) is 12.2 Å². The first-order chi connectivity index (χ1) is 9.36. The molecule has 20 heavy (non-hydrogen) atoms. The van der Waals surface area contributed by atoms with Gasteiger partial charge in [0.05, 0.1) is 4.90 Å². The normalized spacial score (nSPS) is 22.2. The van der Waals surface area contributed by atoms with E-state index in [0.717, 1.165) is 12.5 Å². The molecule has 0 saturated heterocycles. The molecule has 2 rings (SSSR count). The van der Waals surface area contributed by atoms with Crippen LogP contribution in [0.5, 0.6) is 0 Å². The summed E-state index contributed by atoms with van der Waals surface area (Å²) < 4.78 is 39.9. The second-order valence-electron chi connectivity index (χ2n) is 5.54. The van der Waals surface area contributed by atoms with E-state index in [9.17, 15) is 12.8 Å². The van der Waals surface area contributed by atoms with Crippen LogP contribution in [0, 0.1) is 17.7 Å². The summed E-state index contributed by atoms with van der Waals surface area (Å²) in [6, 6.07) is 3.91. The van der Waals surface area contributed by atoms with Crippen LogP contribution in [0.1, 0.15) is 18.9 Å². The molecule has 0 heterocycles. The minimum absolute atomic E-state index is 0.0580. The summed E-state index contributed by atoms with van der Waals surface area (Å²) in [5.41, 5.74) is 0.588. The predicted octanol–water partition coefficient (Wildman–Crippen LogP) is 1.82. The molecule has 2 atom stereocenters. The van der Waals surface area contributed by atoms with Gasteiger partial charge in [-0.1, -0.05) is 13.0 Å². The summed E-state index contributed by atoms with van der Waals surface area (Å²) in [5, 5.41) is 2.91. The van der Waals surface area contributed by atoms with Crippen molar-refractivity contribution >= 4 is 10.0 Å². The van der Waals surface area contributed by atoms with Crippen molar-refractivity contribution in [2.24, 2.45) is 11.8 Å². The zero-order valence-electron chi connectivity index (χ0n) is 12.1. The number of nitrogens with one attached hydrogen (secondary N) is 1. The summed E-state index contributed by atoms with van der Waals surface area (Å²) in [6.45, 7) is 3.00. The lowest BCUT2D eigenvalue weighted by Crippen LogP contribution is -2.30. The Labute approximate surface area is 120 Å². The van der Waals surface area contributed by atoms with Gasteiger partial charge in [-0.2, -0.15) is 0 Å². The zero-order valence-corrected chi connectivity index (χ0v) is 12.9. The average molecular weight is 300 g/mol. The topological polar surface area (TPSA) is 49.4 Å². The quantitative estimate of drug-likeness (QED) is 0.872. The first kappa shape index (κ1) is 15.4. The van der Waals surface area contributed by atoms with Crippen LogP contribution in [0.4, 0.5) is 4.39 Å². The Kier molecular flexibility index (Phi) is 4.46. The third kappa shape index (κ3) is 3.19. The monoisotopic (exact) mass is 300 g/mol. The van der Waals surface area contributed by atoms with E-state index in [4.69, 9.17) is 0 Å². The molecule has 1 aliphatic carbocycles. The van der Waals surface area contributed by atoms with Crippen molar-refractivity contribution in [1.29, 1.82) is 0 Å². The molecule has 4 nitrogen and oxygen atoms in total. The van der Waals surface area contributed by atoms with Gasteiger partial charge in [0.25, 0.3) is 0 Å². The van der Waals surface area contributed by atoms with Gasteiger partial charge < -0.3 is 5.32 Å². The van der Waals surface area contributed by atoms with Crippen LogP contribution in [-0.4, -0.2) is 33.4 Å². The number of sulfonamides is 1. The number of rotatable bonds is 6. The largest absolute Gasteiger partial charge is 0.316 e. The smallest absolute Gasteiger partial charge is 0.243 e. The van der Waals surface area contributed by atoms with Crippen LogP contribution in [0.2, 0.25) is 0 Å². The Morgan fingerprint density at radius 1 is 1.45 bits per heavy atom. The van der Waals surface area contributed by atoms with E-state index in [-0.39, 0.29) is 4.90 Å². The molecule has 0 aliphatic heterocycles. The van der Waals surface area contributed by atoms with Crippen molar-refractivity contribution in [2.75, 3.05) is 20.6 Å². The molecule has 0 amide bonds. The predicted molar refractivity (Wildman–Crippen MR) is 76.3 cm³/mol.